The van der Waals surface area contributed by atoms with Crippen LogP contribution in [0.4, 0.5) is 10.1 Å². The summed E-state index contributed by atoms with van der Waals surface area (Å²) < 4.78 is 19.2. The number of hydrogen-bond donors (Lipinski definition) is 1. The molecule has 0 radical (unpaired) electrons. The Morgan fingerprint density at radius 3 is 2.76 bits per heavy atom. The molecule has 0 saturated heterocycles. The second-order valence-electron chi connectivity index (χ2n) is 4.36. The summed E-state index contributed by atoms with van der Waals surface area (Å²) in [5, 5.41) is 7.05. The van der Waals surface area contributed by atoms with Crippen molar-refractivity contribution in [2.75, 3.05) is 5.32 Å². The standard InChI is InChI=1S/C15H11BrFN3O/c16-13-7-6-10(17)8-12(13)15-19-14(21-20-15)9-18-11-4-2-1-3-5-11/h1-8,18H,9H2. The lowest BCUT2D eigenvalue weighted by Crippen LogP contribution is -1.99. The molecule has 1 N–H and O–H groups in total. The van der Waals surface area contributed by atoms with E-state index in [9.17, 15) is 4.39 Å². The van der Waals surface area contributed by atoms with Gasteiger partial charge in [0.2, 0.25) is 11.7 Å². The van der Waals surface area contributed by atoms with Gasteiger partial charge in [-0.2, -0.15) is 4.98 Å². The van der Waals surface area contributed by atoms with Crippen molar-refractivity contribution in [3.05, 3.63) is 64.7 Å². The molecule has 0 saturated carbocycles. The number of para-hydroxylation sites is 1. The Hall–Kier alpha value is -2.21. The molecule has 0 aliphatic rings. The fraction of sp³-hybridized carbons (Fsp3) is 0.0667. The highest BCUT2D eigenvalue weighted by atomic mass is 79.9. The van der Waals surface area contributed by atoms with Gasteiger partial charge in [0.25, 0.3) is 0 Å². The fourth-order valence-corrected chi connectivity index (χ4v) is 2.26. The summed E-state index contributed by atoms with van der Waals surface area (Å²) in [5.74, 6) is 0.443. The van der Waals surface area contributed by atoms with Crippen LogP contribution in [0.3, 0.4) is 0 Å². The van der Waals surface area contributed by atoms with Crippen molar-refractivity contribution in [3.8, 4) is 11.4 Å². The van der Waals surface area contributed by atoms with Crippen molar-refractivity contribution >= 4 is 21.6 Å². The number of benzene rings is 2. The minimum absolute atomic E-state index is 0.345. The number of aromatic nitrogens is 2. The summed E-state index contributed by atoms with van der Waals surface area (Å²) in [5.41, 5.74) is 1.52. The van der Waals surface area contributed by atoms with E-state index in [0.717, 1.165) is 5.69 Å². The Balaban J connectivity index is 1.76. The first-order chi connectivity index (χ1) is 10.2. The maximum atomic E-state index is 13.3. The van der Waals surface area contributed by atoms with E-state index >= 15 is 0 Å². The van der Waals surface area contributed by atoms with Gasteiger partial charge in [0.15, 0.2) is 0 Å². The molecule has 106 valence electrons. The Morgan fingerprint density at radius 2 is 1.95 bits per heavy atom. The summed E-state index contributed by atoms with van der Waals surface area (Å²) in [6, 6.07) is 14.0. The highest BCUT2D eigenvalue weighted by molar-refractivity contribution is 9.10. The third-order valence-electron chi connectivity index (χ3n) is 2.85. The Labute approximate surface area is 129 Å². The van der Waals surface area contributed by atoms with Crippen molar-refractivity contribution in [1.29, 1.82) is 0 Å². The molecule has 3 rings (SSSR count). The van der Waals surface area contributed by atoms with Crippen molar-refractivity contribution < 1.29 is 8.91 Å². The first kappa shape index (κ1) is 13.8. The largest absolute Gasteiger partial charge is 0.376 e. The van der Waals surface area contributed by atoms with Gasteiger partial charge >= 0.3 is 0 Å². The average Bonchev–Trinajstić information content (AvgIpc) is 2.97. The van der Waals surface area contributed by atoms with E-state index in [4.69, 9.17) is 4.52 Å². The molecule has 3 aromatic rings. The van der Waals surface area contributed by atoms with E-state index in [-0.39, 0.29) is 5.82 Å². The molecule has 1 heterocycles. The smallest absolute Gasteiger partial charge is 0.246 e. The SMILES string of the molecule is Fc1ccc(Br)c(-c2noc(CNc3ccccc3)n2)c1. The van der Waals surface area contributed by atoms with Crippen molar-refractivity contribution in [1.82, 2.24) is 10.1 Å². The van der Waals surface area contributed by atoms with Crippen LogP contribution < -0.4 is 5.32 Å². The molecular formula is C15H11BrFN3O. The molecule has 6 heteroatoms. The van der Waals surface area contributed by atoms with Crippen LogP contribution in [0.1, 0.15) is 5.89 Å². The first-order valence-electron chi connectivity index (χ1n) is 6.29. The minimum atomic E-state index is -0.345. The van der Waals surface area contributed by atoms with Gasteiger partial charge in [-0.1, -0.05) is 39.3 Å². The summed E-state index contributed by atoms with van der Waals surface area (Å²) in [7, 11) is 0. The average molecular weight is 348 g/mol. The van der Waals surface area contributed by atoms with Crippen molar-refractivity contribution in [2.24, 2.45) is 0 Å². The van der Waals surface area contributed by atoms with Gasteiger partial charge in [-0.25, -0.2) is 4.39 Å². The van der Waals surface area contributed by atoms with Crippen LogP contribution in [0.2, 0.25) is 0 Å². The number of anilines is 1. The Bertz CT molecular complexity index is 746. The van der Waals surface area contributed by atoms with E-state index in [1.807, 2.05) is 30.3 Å². The predicted octanol–water partition coefficient (Wildman–Crippen LogP) is 4.25. The maximum Gasteiger partial charge on any atom is 0.246 e. The molecule has 21 heavy (non-hydrogen) atoms. The minimum Gasteiger partial charge on any atom is -0.376 e. The Morgan fingerprint density at radius 1 is 1.14 bits per heavy atom. The van der Waals surface area contributed by atoms with Gasteiger partial charge in [0.1, 0.15) is 5.82 Å². The van der Waals surface area contributed by atoms with E-state index in [1.54, 1.807) is 6.07 Å². The van der Waals surface area contributed by atoms with Crippen molar-refractivity contribution in [3.63, 3.8) is 0 Å². The van der Waals surface area contributed by atoms with E-state index in [0.29, 0.717) is 28.3 Å². The van der Waals surface area contributed by atoms with Crippen LogP contribution in [-0.2, 0) is 6.54 Å². The number of halogens is 2. The van der Waals surface area contributed by atoms with Gasteiger partial charge in [-0.3, -0.25) is 0 Å². The summed E-state index contributed by atoms with van der Waals surface area (Å²) in [6.07, 6.45) is 0. The van der Waals surface area contributed by atoms with Crippen LogP contribution in [0.5, 0.6) is 0 Å². The molecule has 0 fully saturated rings. The highest BCUT2D eigenvalue weighted by Crippen LogP contribution is 2.26. The molecule has 1 aromatic heterocycles. The summed E-state index contributed by atoms with van der Waals surface area (Å²) in [4.78, 5) is 4.26. The first-order valence-corrected chi connectivity index (χ1v) is 7.08. The quantitative estimate of drug-likeness (QED) is 0.766. The van der Waals surface area contributed by atoms with E-state index < -0.39 is 0 Å². The zero-order chi connectivity index (χ0) is 14.7. The monoisotopic (exact) mass is 347 g/mol. The number of rotatable bonds is 4. The molecule has 0 aliphatic carbocycles. The van der Waals surface area contributed by atoms with Gasteiger partial charge in [-0.15, -0.1) is 0 Å². The molecular weight excluding hydrogens is 337 g/mol. The van der Waals surface area contributed by atoms with Gasteiger partial charge in [-0.05, 0) is 30.3 Å². The normalized spacial score (nSPS) is 10.6. The van der Waals surface area contributed by atoms with Crippen LogP contribution in [0, 0.1) is 5.82 Å². The number of nitrogens with zero attached hydrogens (tertiary/aromatic N) is 2. The molecule has 0 aliphatic heterocycles. The third-order valence-corrected chi connectivity index (χ3v) is 3.55. The van der Waals surface area contributed by atoms with Crippen molar-refractivity contribution in [2.45, 2.75) is 6.54 Å². The molecule has 0 unspecified atom stereocenters. The van der Waals surface area contributed by atoms with E-state index in [1.165, 1.54) is 12.1 Å². The third kappa shape index (κ3) is 3.28. The highest BCUT2D eigenvalue weighted by Gasteiger charge is 2.12. The lowest BCUT2D eigenvalue weighted by molar-refractivity contribution is 0.384. The van der Waals surface area contributed by atoms with Crippen LogP contribution in [-0.4, -0.2) is 10.1 Å². The fourth-order valence-electron chi connectivity index (χ4n) is 1.84. The van der Waals surface area contributed by atoms with Gasteiger partial charge in [0.05, 0.1) is 6.54 Å². The number of nitrogens with one attached hydrogen (secondary N) is 1. The second kappa shape index (κ2) is 6.05. The maximum absolute atomic E-state index is 13.3. The topological polar surface area (TPSA) is 51.0 Å². The van der Waals surface area contributed by atoms with Crippen LogP contribution in [0.25, 0.3) is 11.4 Å². The van der Waals surface area contributed by atoms with Gasteiger partial charge in [0, 0.05) is 15.7 Å². The lowest BCUT2D eigenvalue weighted by atomic mass is 10.2. The zero-order valence-electron chi connectivity index (χ0n) is 10.9. The van der Waals surface area contributed by atoms with Crippen LogP contribution >= 0.6 is 15.9 Å². The Kier molecular flexibility index (Phi) is 3.96. The molecule has 0 bridgehead atoms. The van der Waals surface area contributed by atoms with E-state index in [2.05, 4.69) is 31.4 Å². The molecule has 4 nitrogen and oxygen atoms in total. The molecule has 0 spiro atoms. The number of hydrogen-bond acceptors (Lipinski definition) is 4. The summed E-state index contributed by atoms with van der Waals surface area (Å²) in [6.45, 7) is 0.407. The predicted molar refractivity (Wildman–Crippen MR) is 81.2 cm³/mol. The van der Waals surface area contributed by atoms with Crippen LogP contribution in [0.15, 0.2) is 57.5 Å². The molecule has 2 aromatic carbocycles. The lowest BCUT2D eigenvalue weighted by Gasteiger charge is -2.01. The van der Waals surface area contributed by atoms with Gasteiger partial charge < -0.3 is 9.84 Å². The zero-order valence-corrected chi connectivity index (χ0v) is 12.5. The summed E-state index contributed by atoms with van der Waals surface area (Å²) >= 11 is 3.35. The molecule has 0 amide bonds. The second-order valence-corrected chi connectivity index (χ2v) is 5.21. The molecule has 0 atom stereocenters.